The van der Waals surface area contributed by atoms with Gasteiger partial charge in [-0.05, 0) is 11.1 Å². The summed E-state index contributed by atoms with van der Waals surface area (Å²) in [4.78, 5) is 2.51. The maximum atomic E-state index is 9.58. The van der Waals surface area contributed by atoms with E-state index in [0.29, 0.717) is 5.56 Å². The molecule has 1 aromatic carbocycles. The van der Waals surface area contributed by atoms with Crippen LogP contribution in [0.5, 0.6) is 0 Å². The third-order valence-electron chi connectivity index (χ3n) is 1.84. The van der Waals surface area contributed by atoms with E-state index in [-0.39, 0.29) is 6.54 Å². The van der Waals surface area contributed by atoms with E-state index in [1.165, 1.54) is 0 Å². The molecule has 0 spiro atoms. The Morgan fingerprint density at radius 3 is 2.50 bits per heavy atom. The van der Waals surface area contributed by atoms with Crippen molar-refractivity contribution in [2.45, 2.75) is 12.2 Å². The first-order chi connectivity index (χ1) is 6.75. The van der Waals surface area contributed by atoms with E-state index in [0.717, 1.165) is 0 Å². The van der Waals surface area contributed by atoms with Gasteiger partial charge in [-0.3, -0.25) is 0 Å². The van der Waals surface area contributed by atoms with Crippen molar-refractivity contribution >= 4 is 0 Å². The van der Waals surface area contributed by atoms with E-state index in [1.54, 1.807) is 24.3 Å². The second kappa shape index (κ2) is 5.24. The van der Waals surface area contributed by atoms with Crippen LogP contribution in [0.1, 0.15) is 11.7 Å². The van der Waals surface area contributed by atoms with Crippen molar-refractivity contribution in [2.75, 3.05) is 6.54 Å². The normalized spacial score (nSPS) is 14.1. The molecule has 74 valence electrons. The van der Waals surface area contributed by atoms with Gasteiger partial charge in [-0.25, -0.2) is 0 Å². The fraction of sp³-hybridized carbons (Fsp3) is 0.333. The predicted octanol–water partition coefficient (Wildman–Crippen LogP) is 1.39. The lowest BCUT2D eigenvalue weighted by Crippen LogP contribution is -2.20. The molecule has 2 atom stereocenters. The number of benzene rings is 1. The first kappa shape index (κ1) is 10.5. The third-order valence-corrected chi connectivity index (χ3v) is 1.84. The fourth-order valence-corrected chi connectivity index (χ4v) is 1.09. The highest BCUT2D eigenvalue weighted by molar-refractivity contribution is 5.18. The molecular weight excluding hydrogens is 182 g/mol. The molecule has 2 unspecified atom stereocenters. The van der Waals surface area contributed by atoms with Crippen molar-refractivity contribution < 1.29 is 10.2 Å². The fourth-order valence-electron chi connectivity index (χ4n) is 1.09. The molecule has 0 saturated carbocycles. The summed E-state index contributed by atoms with van der Waals surface area (Å²) in [6.07, 6.45) is -2.07. The van der Waals surface area contributed by atoms with Crippen LogP contribution in [0.4, 0.5) is 0 Å². The van der Waals surface area contributed by atoms with Gasteiger partial charge >= 0.3 is 0 Å². The van der Waals surface area contributed by atoms with E-state index in [1.807, 2.05) is 6.07 Å². The molecule has 5 nitrogen and oxygen atoms in total. The lowest BCUT2D eigenvalue weighted by molar-refractivity contribution is 0.0244. The molecule has 0 aliphatic rings. The Balaban J connectivity index is 2.65. The zero-order chi connectivity index (χ0) is 10.4. The molecule has 0 bridgehead atoms. The van der Waals surface area contributed by atoms with Crippen molar-refractivity contribution in [1.82, 2.24) is 0 Å². The van der Waals surface area contributed by atoms with Gasteiger partial charge in [0.2, 0.25) is 0 Å². The standard InChI is InChI=1S/C9H11N3O2/c10-12-11-6-8(13)9(14)7-4-2-1-3-5-7/h1-5,8-9,13-14H,6H2. The summed E-state index contributed by atoms with van der Waals surface area (Å²) >= 11 is 0. The van der Waals surface area contributed by atoms with Gasteiger partial charge in [-0.15, -0.1) is 0 Å². The van der Waals surface area contributed by atoms with Gasteiger partial charge in [0, 0.05) is 4.91 Å². The number of nitrogens with zero attached hydrogens (tertiary/aromatic N) is 3. The molecule has 0 aliphatic carbocycles. The van der Waals surface area contributed by atoms with Gasteiger partial charge in [0.05, 0.1) is 12.6 Å². The molecule has 1 aromatic rings. The van der Waals surface area contributed by atoms with Crippen LogP contribution in [0.25, 0.3) is 10.4 Å². The van der Waals surface area contributed by atoms with Gasteiger partial charge in [-0.2, -0.15) is 0 Å². The Bertz CT molecular complexity index is 322. The lowest BCUT2D eigenvalue weighted by atomic mass is 10.1. The monoisotopic (exact) mass is 193 g/mol. The van der Waals surface area contributed by atoms with Crippen molar-refractivity contribution in [3.8, 4) is 0 Å². The van der Waals surface area contributed by atoms with Gasteiger partial charge in [0.1, 0.15) is 6.10 Å². The molecular formula is C9H11N3O2. The third kappa shape index (κ3) is 2.74. The molecule has 2 N–H and O–H groups in total. The number of aliphatic hydroxyl groups excluding tert-OH is 2. The molecule has 0 aliphatic heterocycles. The summed E-state index contributed by atoms with van der Waals surface area (Å²) < 4.78 is 0. The number of rotatable bonds is 4. The molecule has 0 aromatic heterocycles. The molecule has 0 heterocycles. The van der Waals surface area contributed by atoms with Gasteiger partial charge in [0.25, 0.3) is 0 Å². The molecule has 14 heavy (non-hydrogen) atoms. The number of azide groups is 1. The SMILES string of the molecule is [N-]=[N+]=NCC(O)C(O)c1ccccc1. The van der Waals surface area contributed by atoms with Gasteiger partial charge < -0.3 is 10.2 Å². The minimum absolute atomic E-state index is 0.132. The van der Waals surface area contributed by atoms with Crippen LogP contribution in [-0.4, -0.2) is 22.9 Å². The minimum Gasteiger partial charge on any atom is -0.390 e. The number of hydrogen-bond donors (Lipinski definition) is 2. The molecule has 0 amide bonds. The van der Waals surface area contributed by atoms with E-state index < -0.39 is 12.2 Å². The van der Waals surface area contributed by atoms with E-state index in [2.05, 4.69) is 10.0 Å². The van der Waals surface area contributed by atoms with Crippen LogP contribution in [0, 0.1) is 0 Å². The highest BCUT2D eigenvalue weighted by Crippen LogP contribution is 2.16. The maximum Gasteiger partial charge on any atom is 0.105 e. The maximum absolute atomic E-state index is 9.58. The van der Waals surface area contributed by atoms with Crippen LogP contribution in [0.2, 0.25) is 0 Å². The summed E-state index contributed by atoms with van der Waals surface area (Å²) in [6, 6.07) is 8.74. The Labute approximate surface area is 81.2 Å². The second-order valence-corrected chi connectivity index (χ2v) is 2.84. The number of aliphatic hydroxyl groups is 2. The second-order valence-electron chi connectivity index (χ2n) is 2.84. The Morgan fingerprint density at radius 1 is 1.29 bits per heavy atom. The van der Waals surface area contributed by atoms with Crippen molar-refractivity contribution in [3.63, 3.8) is 0 Å². The molecule has 5 heteroatoms. The van der Waals surface area contributed by atoms with Crippen LogP contribution in [0.3, 0.4) is 0 Å². The van der Waals surface area contributed by atoms with Crippen molar-refractivity contribution in [2.24, 2.45) is 5.11 Å². The first-order valence-corrected chi connectivity index (χ1v) is 4.17. The zero-order valence-corrected chi connectivity index (χ0v) is 7.48. The average Bonchev–Trinajstić information content (AvgIpc) is 2.26. The summed E-state index contributed by atoms with van der Waals surface area (Å²) in [6.45, 7) is -0.132. The molecule has 0 fully saturated rings. The quantitative estimate of drug-likeness (QED) is 0.430. The van der Waals surface area contributed by atoms with Crippen molar-refractivity contribution in [3.05, 3.63) is 46.3 Å². The van der Waals surface area contributed by atoms with Crippen molar-refractivity contribution in [1.29, 1.82) is 0 Å². The topological polar surface area (TPSA) is 89.2 Å². The van der Waals surface area contributed by atoms with Crippen LogP contribution in [-0.2, 0) is 0 Å². The zero-order valence-electron chi connectivity index (χ0n) is 7.48. The lowest BCUT2D eigenvalue weighted by Gasteiger charge is -2.15. The van der Waals surface area contributed by atoms with Crippen LogP contribution < -0.4 is 0 Å². The van der Waals surface area contributed by atoms with Crippen LogP contribution in [0.15, 0.2) is 35.4 Å². The Hall–Kier alpha value is -1.55. The predicted molar refractivity (Wildman–Crippen MR) is 51.4 cm³/mol. The van der Waals surface area contributed by atoms with Crippen LogP contribution >= 0.6 is 0 Å². The summed E-state index contributed by atoms with van der Waals surface area (Å²) in [7, 11) is 0. The molecule has 0 saturated heterocycles. The largest absolute Gasteiger partial charge is 0.390 e. The van der Waals surface area contributed by atoms with E-state index in [9.17, 15) is 10.2 Å². The van der Waals surface area contributed by atoms with Gasteiger partial charge in [-0.1, -0.05) is 35.4 Å². The Morgan fingerprint density at radius 2 is 1.93 bits per heavy atom. The number of hydrogen-bond acceptors (Lipinski definition) is 3. The first-order valence-electron chi connectivity index (χ1n) is 4.17. The minimum atomic E-state index is -1.06. The molecule has 1 rings (SSSR count). The van der Waals surface area contributed by atoms with E-state index in [4.69, 9.17) is 5.53 Å². The summed E-state index contributed by atoms with van der Waals surface area (Å²) in [5, 5.41) is 22.2. The van der Waals surface area contributed by atoms with E-state index >= 15 is 0 Å². The average molecular weight is 193 g/mol. The highest BCUT2D eigenvalue weighted by Gasteiger charge is 2.16. The Kier molecular flexibility index (Phi) is 3.94. The van der Waals surface area contributed by atoms with Gasteiger partial charge in [0.15, 0.2) is 0 Å². The molecule has 0 radical (unpaired) electrons. The highest BCUT2D eigenvalue weighted by atomic mass is 16.3. The smallest absolute Gasteiger partial charge is 0.105 e. The summed E-state index contributed by atoms with van der Waals surface area (Å²) in [5.41, 5.74) is 8.64. The summed E-state index contributed by atoms with van der Waals surface area (Å²) in [5.74, 6) is 0.